The van der Waals surface area contributed by atoms with E-state index in [-0.39, 0.29) is 35.4 Å². The third kappa shape index (κ3) is 7.90. The molecule has 0 aliphatic carbocycles. The highest BCUT2D eigenvalue weighted by Gasteiger charge is 2.18. The van der Waals surface area contributed by atoms with E-state index in [2.05, 4.69) is 20.1 Å². The summed E-state index contributed by atoms with van der Waals surface area (Å²) in [7, 11) is -3.71. The van der Waals surface area contributed by atoms with Crippen molar-refractivity contribution in [2.24, 2.45) is 5.11 Å². The lowest BCUT2D eigenvalue weighted by Gasteiger charge is -2.19. The highest BCUT2D eigenvalue weighted by molar-refractivity contribution is 7.89. The maximum atomic E-state index is 12.6. The van der Waals surface area contributed by atoms with Crippen LogP contribution in [0, 0.1) is 0 Å². The van der Waals surface area contributed by atoms with Crippen molar-refractivity contribution in [1.29, 1.82) is 0 Å². The summed E-state index contributed by atoms with van der Waals surface area (Å²) in [6.45, 7) is 5.98. The topological polar surface area (TPSA) is 161 Å². The van der Waals surface area contributed by atoms with E-state index in [0.717, 1.165) is 5.56 Å². The molecule has 2 aromatic carbocycles. The van der Waals surface area contributed by atoms with Gasteiger partial charge in [0.25, 0.3) is 5.91 Å². The Kier molecular flexibility index (Phi) is 8.58. The Hall–Kier alpha value is -3.40. The van der Waals surface area contributed by atoms with Crippen LogP contribution in [0.4, 0.5) is 0 Å². The number of carboxylic acid groups (broad SMARTS) is 1. The van der Waals surface area contributed by atoms with Crippen molar-refractivity contribution in [3.05, 3.63) is 75.7 Å². The average Bonchev–Trinajstić information content (AvgIpc) is 2.75. The molecule has 3 N–H and O–H groups in total. The van der Waals surface area contributed by atoms with Crippen molar-refractivity contribution in [2.45, 2.75) is 50.1 Å². The number of hydrogen-bond acceptors (Lipinski definition) is 5. The van der Waals surface area contributed by atoms with Crippen LogP contribution in [0.5, 0.6) is 0 Å². The molecule has 0 saturated heterocycles. The van der Waals surface area contributed by atoms with Gasteiger partial charge in [-0.25, -0.2) is 13.1 Å². The molecule has 0 heterocycles. The van der Waals surface area contributed by atoms with Gasteiger partial charge >= 0.3 is 5.97 Å². The van der Waals surface area contributed by atoms with Crippen molar-refractivity contribution in [1.82, 2.24) is 10.0 Å². The largest absolute Gasteiger partial charge is 0.481 e. The molecule has 0 saturated carbocycles. The summed E-state index contributed by atoms with van der Waals surface area (Å²) in [5.74, 6) is -1.66. The molecule has 0 spiro atoms. The van der Waals surface area contributed by atoms with Gasteiger partial charge in [-0.15, -0.1) is 0 Å². The molecule has 0 unspecified atom stereocenters. The van der Waals surface area contributed by atoms with Gasteiger partial charge in [0, 0.05) is 29.6 Å². The SMILES string of the molecule is CC(C)(C)c1ccc(S(=O)(=O)NCc2ccc(C(=O)N[C@H](CN=[N+]=[N-])CC(=O)O)cc2)cc1. The molecule has 176 valence electrons. The number of carbonyl (C=O) groups is 2. The first-order valence-electron chi connectivity index (χ1n) is 10.1. The van der Waals surface area contributed by atoms with E-state index >= 15 is 0 Å². The fraction of sp³-hybridized carbons (Fsp3) is 0.364. The summed E-state index contributed by atoms with van der Waals surface area (Å²) >= 11 is 0. The Balaban J connectivity index is 2.01. The molecule has 0 aromatic heterocycles. The van der Waals surface area contributed by atoms with Crippen molar-refractivity contribution >= 4 is 21.9 Å². The number of amides is 1. The molecular formula is C22H27N5O5S. The van der Waals surface area contributed by atoms with Gasteiger partial charge < -0.3 is 10.4 Å². The number of azide groups is 1. The molecule has 2 rings (SSSR count). The maximum absolute atomic E-state index is 12.6. The van der Waals surface area contributed by atoms with E-state index in [4.69, 9.17) is 10.6 Å². The fourth-order valence-corrected chi connectivity index (χ4v) is 3.96. The van der Waals surface area contributed by atoms with Crippen LogP contribution in [0.1, 0.15) is 48.7 Å². The van der Waals surface area contributed by atoms with E-state index in [9.17, 15) is 18.0 Å². The number of hydrogen-bond donors (Lipinski definition) is 3. The first-order valence-corrected chi connectivity index (χ1v) is 11.6. The summed E-state index contributed by atoms with van der Waals surface area (Å²) in [5.41, 5.74) is 10.2. The van der Waals surface area contributed by atoms with Gasteiger partial charge in [-0.05, 0) is 46.3 Å². The number of carboxylic acids is 1. The van der Waals surface area contributed by atoms with Gasteiger partial charge in [0.05, 0.1) is 11.3 Å². The Labute approximate surface area is 192 Å². The van der Waals surface area contributed by atoms with E-state index < -0.39 is 27.9 Å². The zero-order valence-electron chi connectivity index (χ0n) is 18.6. The first kappa shape index (κ1) is 25.9. The van der Waals surface area contributed by atoms with Gasteiger partial charge in [-0.3, -0.25) is 9.59 Å². The predicted molar refractivity (Wildman–Crippen MR) is 123 cm³/mol. The number of sulfonamides is 1. The molecule has 11 heteroatoms. The van der Waals surface area contributed by atoms with E-state index in [1.165, 1.54) is 12.1 Å². The predicted octanol–water partition coefficient (Wildman–Crippen LogP) is 3.35. The number of carbonyl (C=O) groups excluding carboxylic acids is 1. The Bertz CT molecular complexity index is 1130. The van der Waals surface area contributed by atoms with E-state index in [0.29, 0.717) is 5.56 Å². The minimum absolute atomic E-state index is 0.0315. The van der Waals surface area contributed by atoms with E-state index in [1.807, 2.05) is 20.8 Å². The van der Waals surface area contributed by atoms with Crippen LogP contribution in [-0.4, -0.2) is 38.0 Å². The summed E-state index contributed by atoms with van der Waals surface area (Å²) in [5, 5.41) is 14.7. The first-order chi connectivity index (χ1) is 15.4. The van der Waals surface area contributed by atoms with Gasteiger partial charge in [0.2, 0.25) is 10.0 Å². The molecule has 0 fully saturated rings. The van der Waals surface area contributed by atoms with Crippen LogP contribution in [-0.2, 0) is 26.8 Å². The van der Waals surface area contributed by atoms with Crippen LogP contribution in [0.25, 0.3) is 10.4 Å². The van der Waals surface area contributed by atoms with Crippen LogP contribution < -0.4 is 10.0 Å². The van der Waals surface area contributed by atoms with Crippen molar-refractivity contribution in [3.63, 3.8) is 0 Å². The highest BCUT2D eigenvalue weighted by atomic mass is 32.2. The number of benzene rings is 2. The van der Waals surface area contributed by atoms with Crippen molar-refractivity contribution in [3.8, 4) is 0 Å². The Morgan fingerprint density at radius 3 is 2.21 bits per heavy atom. The Morgan fingerprint density at radius 1 is 1.09 bits per heavy atom. The van der Waals surface area contributed by atoms with Crippen LogP contribution in [0.3, 0.4) is 0 Å². The smallest absolute Gasteiger partial charge is 0.305 e. The lowest BCUT2D eigenvalue weighted by molar-refractivity contribution is -0.137. The third-order valence-corrected chi connectivity index (χ3v) is 6.25. The second-order valence-electron chi connectivity index (χ2n) is 8.48. The molecule has 0 aliphatic rings. The lowest BCUT2D eigenvalue weighted by atomic mass is 9.87. The summed E-state index contributed by atoms with van der Waals surface area (Å²) in [6, 6.07) is 12.1. The van der Waals surface area contributed by atoms with Crippen molar-refractivity contribution < 1.29 is 23.1 Å². The van der Waals surface area contributed by atoms with Gasteiger partial charge in [-0.2, -0.15) is 0 Å². The van der Waals surface area contributed by atoms with Gasteiger partial charge in [0.15, 0.2) is 0 Å². The standard InChI is InChI=1S/C22H27N5O5S/c1-22(2,3)17-8-10-19(11-9-17)33(31,32)25-13-15-4-6-16(7-5-15)21(30)26-18(12-20(28)29)14-24-27-23/h4-11,18,25H,12-14H2,1-3H3,(H,26,30)(H,28,29)/t18-/m0/s1. The molecule has 1 atom stereocenters. The number of nitrogens with one attached hydrogen (secondary N) is 2. The second-order valence-corrected chi connectivity index (χ2v) is 10.2. The van der Waals surface area contributed by atoms with Gasteiger partial charge in [-0.1, -0.05) is 50.2 Å². The molecule has 33 heavy (non-hydrogen) atoms. The minimum Gasteiger partial charge on any atom is -0.481 e. The lowest BCUT2D eigenvalue weighted by Crippen LogP contribution is -2.38. The molecule has 0 bridgehead atoms. The molecule has 0 radical (unpaired) electrons. The average molecular weight is 474 g/mol. The van der Waals surface area contributed by atoms with Crippen molar-refractivity contribution in [2.75, 3.05) is 6.54 Å². The highest BCUT2D eigenvalue weighted by Crippen LogP contribution is 2.23. The molecule has 1 amide bonds. The number of aliphatic carboxylic acids is 1. The van der Waals surface area contributed by atoms with Crippen LogP contribution in [0.15, 0.2) is 58.5 Å². The van der Waals surface area contributed by atoms with E-state index in [1.54, 1.807) is 36.4 Å². The Morgan fingerprint density at radius 2 is 1.70 bits per heavy atom. The normalized spacial score (nSPS) is 12.5. The molecule has 2 aromatic rings. The number of rotatable bonds is 10. The summed E-state index contributed by atoms with van der Waals surface area (Å²) in [4.78, 5) is 26.0. The summed E-state index contributed by atoms with van der Waals surface area (Å²) < 4.78 is 27.7. The maximum Gasteiger partial charge on any atom is 0.305 e. The zero-order chi connectivity index (χ0) is 24.6. The molecule has 0 aliphatic heterocycles. The quantitative estimate of drug-likeness (QED) is 0.273. The molecular weight excluding hydrogens is 446 g/mol. The second kappa shape index (κ2) is 11.0. The number of nitrogens with zero attached hydrogens (tertiary/aromatic N) is 3. The van der Waals surface area contributed by atoms with Crippen LogP contribution in [0.2, 0.25) is 0 Å². The van der Waals surface area contributed by atoms with Gasteiger partial charge in [0.1, 0.15) is 0 Å². The molecule has 10 nitrogen and oxygen atoms in total. The minimum atomic E-state index is -3.71. The monoisotopic (exact) mass is 473 g/mol. The summed E-state index contributed by atoms with van der Waals surface area (Å²) in [6.07, 6.45) is -0.388. The third-order valence-electron chi connectivity index (χ3n) is 4.83. The van der Waals surface area contributed by atoms with Crippen LogP contribution >= 0.6 is 0 Å². The fourth-order valence-electron chi connectivity index (χ4n) is 2.95. The zero-order valence-corrected chi connectivity index (χ0v) is 19.5.